The number of ketones is 1. The molecule has 0 unspecified atom stereocenters. The van der Waals surface area contributed by atoms with Crippen LogP contribution < -0.4 is 0 Å². The number of aryl methyl sites for hydroxylation is 3. The van der Waals surface area contributed by atoms with E-state index in [-0.39, 0.29) is 5.78 Å². The lowest BCUT2D eigenvalue weighted by Gasteiger charge is -2.05. The van der Waals surface area contributed by atoms with E-state index < -0.39 is 0 Å². The Morgan fingerprint density at radius 1 is 1.14 bits per heavy atom. The van der Waals surface area contributed by atoms with Crippen molar-refractivity contribution >= 4 is 40.1 Å². The van der Waals surface area contributed by atoms with Gasteiger partial charge in [-0.2, -0.15) is 10.2 Å². The molecule has 1 aromatic carbocycles. The molecule has 6 nitrogen and oxygen atoms in total. The normalized spacial score (nSPS) is 12.2. The molecule has 150 valence electrons. The Balaban J connectivity index is 1.76. The molecule has 4 rings (SSSR count). The van der Waals surface area contributed by atoms with Crippen molar-refractivity contribution in [1.82, 2.24) is 24.0 Å². The standard InChI is InChI=1S/C22H24ClN5O/c1-13(2)12-27-21(23)16(14(3)24-27)10-11-19(29)20-15(4)25-28-18-9-7-6-8-17(18)26(5)22(20)28/h6-11,13H,12H2,1-5H3. The van der Waals surface area contributed by atoms with Crippen molar-refractivity contribution in [2.75, 3.05) is 0 Å². The van der Waals surface area contributed by atoms with E-state index in [1.54, 1.807) is 16.8 Å². The molecule has 0 aliphatic rings. The van der Waals surface area contributed by atoms with Crippen molar-refractivity contribution in [3.63, 3.8) is 0 Å². The zero-order chi connectivity index (χ0) is 20.9. The minimum absolute atomic E-state index is 0.101. The zero-order valence-electron chi connectivity index (χ0n) is 17.3. The first-order chi connectivity index (χ1) is 13.8. The average molecular weight is 410 g/mol. The van der Waals surface area contributed by atoms with E-state index in [0.29, 0.717) is 22.3 Å². The highest BCUT2D eigenvalue weighted by Gasteiger charge is 2.21. The van der Waals surface area contributed by atoms with Gasteiger partial charge in [0.1, 0.15) is 10.8 Å². The van der Waals surface area contributed by atoms with Gasteiger partial charge in [-0.05, 0) is 44.1 Å². The summed E-state index contributed by atoms with van der Waals surface area (Å²) in [7, 11) is 1.95. The summed E-state index contributed by atoms with van der Waals surface area (Å²) in [6.07, 6.45) is 3.33. The van der Waals surface area contributed by atoms with Gasteiger partial charge >= 0.3 is 0 Å². The van der Waals surface area contributed by atoms with Crippen LogP contribution in [0, 0.1) is 19.8 Å². The maximum atomic E-state index is 13.1. The third kappa shape index (κ3) is 3.17. The van der Waals surface area contributed by atoms with Crippen molar-refractivity contribution in [2.45, 2.75) is 34.2 Å². The first-order valence-electron chi connectivity index (χ1n) is 9.67. The number of allylic oxidation sites excluding steroid dienone is 1. The molecule has 7 heteroatoms. The number of carbonyl (C=O) groups excluding carboxylic acids is 1. The predicted octanol–water partition coefficient (Wildman–Crippen LogP) is 4.84. The van der Waals surface area contributed by atoms with Crippen LogP contribution in [0.2, 0.25) is 5.15 Å². The molecule has 0 aliphatic heterocycles. The van der Waals surface area contributed by atoms with Crippen molar-refractivity contribution in [2.24, 2.45) is 13.0 Å². The van der Waals surface area contributed by atoms with Gasteiger partial charge in [0.2, 0.25) is 0 Å². The fraction of sp³-hybridized carbons (Fsp3) is 0.318. The molecule has 4 aromatic rings. The van der Waals surface area contributed by atoms with Gasteiger partial charge in [0.05, 0.1) is 28.0 Å². The highest BCUT2D eigenvalue weighted by Crippen LogP contribution is 2.26. The number of hydrogen-bond donors (Lipinski definition) is 0. The Kier molecular flexibility index (Phi) is 4.82. The van der Waals surface area contributed by atoms with Crippen LogP contribution in [-0.2, 0) is 13.6 Å². The van der Waals surface area contributed by atoms with Crippen molar-refractivity contribution < 1.29 is 4.79 Å². The first kappa shape index (κ1) is 19.5. The Morgan fingerprint density at radius 2 is 1.83 bits per heavy atom. The number of hydrogen-bond acceptors (Lipinski definition) is 3. The Hall–Kier alpha value is -2.86. The third-order valence-electron chi connectivity index (χ3n) is 5.12. The van der Waals surface area contributed by atoms with Crippen LogP contribution in [0.15, 0.2) is 30.3 Å². The molecule has 0 aliphatic carbocycles. The molecule has 0 bridgehead atoms. The highest BCUT2D eigenvalue weighted by atomic mass is 35.5. The van der Waals surface area contributed by atoms with E-state index in [1.165, 1.54) is 0 Å². The summed E-state index contributed by atoms with van der Waals surface area (Å²) < 4.78 is 5.64. The summed E-state index contributed by atoms with van der Waals surface area (Å²) in [6.45, 7) is 8.73. The molecule has 0 spiro atoms. The lowest BCUT2D eigenvalue weighted by atomic mass is 10.1. The fourth-order valence-electron chi connectivity index (χ4n) is 3.79. The van der Waals surface area contributed by atoms with E-state index >= 15 is 0 Å². The minimum Gasteiger partial charge on any atom is -0.327 e. The molecule has 29 heavy (non-hydrogen) atoms. The molecule has 0 saturated carbocycles. The number of rotatable bonds is 5. The van der Waals surface area contributed by atoms with Crippen LogP contribution in [0.25, 0.3) is 22.8 Å². The molecule has 0 atom stereocenters. The van der Waals surface area contributed by atoms with E-state index in [9.17, 15) is 4.79 Å². The first-order valence-corrected chi connectivity index (χ1v) is 10.1. The molecule has 3 heterocycles. The molecule has 0 radical (unpaired) electrons. The number of nitrogens with zero attached hydrogens (tertiary/aromatic N) is 5. The highest BCUT2D eigenvalue weighted by molar-refractivity contribution is 6.31. The molecular weight excluding hydrogens is 386 g/mol. The van der Waals surface area contributed by atoms with Gasteiger partial charge in [0, 0.05) is 19.2 Å². The second-order valence-electron chi connectivity index (χ2n) is 7.81. The lowest BCUT2D eigenvalue weighted by Crippen LogP contribution is -2.06. The second-order valence-corrected chi connectivity index (χ2v) is 8.17. The SMILES string of the molecule is Cc1nn(CC(C)C)c(Cl)c1C=CC(=O)c1c(C)nn2c3ccccc3n(C)c12. The molecule has 0 N–H and O–H groups in total. The number of fused-ring (bicyclic) bond motifs is 3. The number of benzene rings is 1. The van der Waals surface area contributed by atoms with Gasteiger partial charge in [0.25, 0.3) is 0 Å². The van der Waals surface area contributed by atoms with Crippen LogP contribution in [0.4, 0.5) is 0 Å². The van der Waals surface area contributed by atoms with E-state index in [0.717, 1.165) is 34.5 Å². The Morgan fingerprint density at radius 3 is 2.52 bits per heavy atom. The van der Waals surface area contributed by atoms with Gasteiger partial charge in [-0.3, -0.25) is 9.48 Å². The van der Waals surface area contributed by atoms with Gasteiger partial charge in [0.15, 0.2) is 5.78 Å². The molecule has 0 amide bonds. The molecule has 0 saturated heterocycles. The minimum atomic E-state index is -0.101. The zero-order valence-corrected chi connectivity index (χ0v) is 18.0. The molecular formula is C22H24ClN5O. The number of para-hydroxylation sites is 2. The largest absolute Gasteiger partial charge is 0.327 e. The van der Waals surface area contributed by atoms with E-state index in [1.807, 2.05) is 54.2 Å². The number of halogens is 1. The van der Waals surface area contributed by atoms with Gasteiger partial charge in [-0.15, -0.1) is 0 Å². The average Bonchev–Trinajstić information content (AvgIpc) is 3.24. The van der Waals surface area contributed by atoms with Crippen molar-refractivity contribution in [1.29, 1.82) is 0 Å². The number of aromatic nitrogens is 5. The molecule has 3 aromatic heterocycles. The van der Waals surface area contributed by atoms with E-state index in [2.05, 4.69) is 24.0 Å². The number of carbonyl (C=O) groups is 1. The summed E-state index contributed by atoms with van der Waals surface area (Å²) in [5, 5.41) is 9.67. The lowest BCUT2D eigenvalue weighted by molar-refractivity contribution is 0.104. The van der Waals surface area contributed by atoms with Crippen LogP contribution in [0.3, 0.4) is 0 Å². The van der Waals surface area contributed by atoms with Crippen LogP contribution in [0.5, 0.6) is 0 Å². The summed E-state index contributed by atoms with van der Waals surface area (Å²) in [5.74, 6) is 0.329. The van der Waals surface area contributed by atoms with Crippen LogP contribution >= 0.6 is 11.6 Å². The maximum absolute atomic E-state index is 13.1. The van der Waals surface area contributed by atoms with E-state index in [4.69, 9.17) is 11.6 Å². The van der Waals surface area contributed by atoms with Crippen LogP contribution in [-0.4, -0.2) is 29.7 Å². The van der Waals surface area contributed by atoms with Gasteiger partial charge in [-0.1, -0.05) is 37.6 Å². The Bertz CT molecular complexity index is 1270. The fourth-order valence-corrected chi connectivity index (χ4v) is 4.09. The topological polar surface area (TPSA) is 57.1 Å². The van der Waals surface area contributed by atoms with Gasteiger partial charge < -0.3 is 4.57 Å². The Labute approximate surface area is 174 Å². The van der Waals surface area contributed by atoms with Crippen molar-refractivity contribution in [3.05, 3.63) is 58.0 Å². The summed E-state index contributed by atoms with van der Waals surface area (Å²) >= 11 is 6.50. The molecule has 0 fully saturated rings. The summed E-state index contributed by atoms with van der Waals surface area (Å²) in [4.78, 5) is 13.1. The smallest absolute Gasteiger partial charge is 0.191 e. The van der Waals surface area contributed by atoms with Gasteiger partial charge in [-0.25, -0.2) is 4.52 Å². The maximum Gasteiger partial charge on any atom is 0.191 e. The summed E-state index contributed by atoms with van der Waals surface area (Å²) in [5.41, 5.74) is 5.68. The predicted molar refractivity (Wildman–Crippen MR) is 117 cm³/mol. The second kappa shape index (κ2) is 7.19. The quantitative estimate of drug-likeness (QED) is 0.350. The summed E-state index contributed by atoms with van der Waals surface area (Å²) in [6, 6.07) is 7.98. The monoisotopic (exact) mass is 409 g/mol. The van der Waals surface area contributed by atoms with Crippen LogP contribution in [0.1, 0.15) is 41.2 Å². The third-order valence-corrected chi connectivity index (χ3v) is 5.52. The number of imidazole rings is 1. The van der Waals surface area contributed by atoms with Crippen molar-refractivity contribution in [3.8, 4) is 0 Å².